The molecule has 10 nitrogen and oxygen atoms in total. The number of aromatic nitrogens is 3. The normalized spacial score (nSPS) is 15.3. The summed E-state index contributed by atoms with van der Waals surface area (Å²) in [6, 6.07) is 1.25. The molecule has 1 aliphatic rings. The lowest BCUT2D eigenvalue weighted by molar-refractivity contribution is 0.0819. The molecule has 0 fully saturated rings. The lowest BCUT2D eigenvalue weighted by Gasteiger charge is -2.19. The molecule has 0 aliphatic heterocycles. The Morgan fingerprint density at radius 1 is 1.28 bits per heavy atom. The van der Waals surface area contributed by atoms with E-state index in [1.165, 1.54) is 31.3 Å². The number of carbonyl (C=O) groups is 1. The average molecular weight is 396 g/mol. The van der Waals surface area contributed by atoms with Crippen LogP contribution in [0.2, 0.25) is 0 Å². The van der Waals surface area contributed by atoms with Crippen LogP contribution < -0.4 is 21.5 Å². The molecule has 2 aromatic heterocycles. The molecule has 1 amide bonds. The molecule has 10 heteroatoms. The smallest absolute Gasteiger partial charge is 0.275 e. The van der Waals surface area contributed by atoms with Crippen molar-refractivity contribution in [1.29, 1.82) is 0 Å². The Morgan fingerprint density at radius 2 is 2.00 bits per heavy atom. The number of nitrogens with one attached hydrogen (secondary N) is 2. The van der Waals surface area contributed by atoms with Gasteiger partial charge in [-0.1, -0.05) is 0 Å². The van der Waals surface area contributed by atoms with E-state index in [9.17, 15) is 19.5 Å². The molecule has 1 atom stereocenters. The summed E-state index contributed by atoms with van der Waals surface area (Å²) in [6.07, 6.45) is 4.88. The number of nitrogens with zero attached hydrogens (tertiary/aromatic N) is 4. The molecule has 4 rings (SSSR count). The Hall–Kier alpha value is -3.69. The second-order valence-electron chi connectivity index (χ2n) is 7.24. The quantitative estimate of drug-likeness (QED) is 0.537. The van der Waals surface area contributed by atoms with Gasteiger partial charge in [-0.15, -0.1) is 0 Å². The first-order chi connectivity index (χ1) is 13.8. The highest BCUT2D eigenvalue weighted by Gasteiger charge is 2.30. The van der Waals surface area contributed by atoms with Crippen LogP contribution in [-0.2, 0) is 13.5 Å². The van der Waals surface area contributed by atoms with E-state index >= 15 is 0 Å². The highest BCUT2D eigenvalue weighted by Crippen LogP contribution is 2.35. The number of hydrogen-bond acceptors (Lipinski definition) is 8. The van der Waals surface area contributed by atoms with Crippen LogP contribution >= 0.6 is 0 Å². The summed E-state index contributed by atoms with van der Waals surface area (Å²) < 4.78 is 1.72. The van der Waals surface area contributed by atoms with Crippen LogP contribution in [0, 0.1) is 0 Å². The van der Waals surface area contributed by atoms with Crippen molar-refractivity contribution in [2.75, 3.05) is 24.7 Å². The van der Waals surface area contributed by atoms with E-state index < -0.39 is 22.5 Å². The van der Waals surface area contributed by atoms with Gasteiger partial charge in [-0.25, -0.2) is 4.98 Å². The summed E-state index contributed by atoms with van der Waals surface area (Å²) in [4.78, 5) is 41.6. The Kier molecular flexibility index (Phi) is 4.33. The molecule has 150 valence electrons. The van der Waals surface area contributed by atoms with E-state index in [4.69, 9.17) is 0 Å². The van der Waals surface area contributed by atoms with Gasteiger partial charge in [0.2, 0.25) is 0 Å². The van der Waals surface area contributed by atoms with Crippen LogP contribution in [0.3, 0.4) is 0 Å². The summed E-state index contributed by atoms with van der Waals surface area (Å²) in [5, 5.41) is 20.7. The lowest BCUT2D eigenvalue weighted by atomic mass is 10.1. The van der Waals surface area contributed by atoms with E-state index in [1.807, 2.05) is 13.2 Å². The van der Waals surface area contributed by atoms with E-state index in [1.54, 1.807) is 4.68 Å². The molecule has 0 saturated carbocycles. The van der Waals surface area contributed by atoms with E-state index in [0.29, 0.717) is 0 Å². The van der Waals surface area contributed by atoms with Crippen LogP contribution in [-0.4, -0.2) is 44.8 Å². The van der Waals surface area contributed by atoms with Gasteiger partial charge in [0.1, 0.15) is 11.4 Å². The van der Waals surface area contributed by atoms with Gasteiger partial charge >= 0.3 is 0 Å². The van der Waals surface area contributed by atoms with Crippen LogP contribution in [0.25, 0.3) is 0 Å². The first-order valence-corrected chi connectivity index (χ1v) is 9.06. The third-order valence-corrected chi connectivity index (χ3v) is 4.99. The number of aryl methyl sites for hydroxylation is 2. The van der Waals surface area contributed by atoms with E-state index in [-0.39, 0.29) is 28.8 Å². The van der Waals surface area contributed by atoms with Crippen molar-refractivity contribution in [3.05, 3.63) is 55.9 Å². The molecular weight excluding hydrogens is 376 g/mol. The summed E-state index contributed by atoms with van der Waals surface area (Å²) in [5.41, 5.74) is 0.805. The Bertz CT molecular complexity index is 1190. The molecule has 0 radical (unpaired) electrons. The van der Waals surface area contributed by atoms with Crippen molar-refractivity contribution < 1.29 is 9.90 Å². The fourth-order valence-electron chi connectivity index (χ4n) is 3.50. The molecule has 3 aromatic rings. The molecule has 0 saturated heterocycles. The molecule has 1 aliphatic carbocycles. The molecule has 0 bridgehead atoms. The zero-order valence-electron chi connectivity index (χ0n) is 16.2. The molecule has 1 unspecified atom stereocenters. The minimum atomic E-state index is -0.691. The number of amides is 1. The predicted molar refractivity (Wildman–Crippen MR) is 106 cm³/mol. The number of pyridine rings is 1. The minimum absolute atomic E-state index is 0.0455. The summed E-state index contributed by atoms with van der Waals surface area (Å²) in [5.74, 6) is -0.874. The highest BCUT2D eigenvalue weighted by molar-refractivity contribution is 5.97. The number of anilines is 3. The number of carbonyl (C=O) groups excluding carboxylic acids is 1. The first kappa shape index (κ1) is 18.7. The largest absolute Gasteiger partial charge is 0.504 e. The monoisotopic (exact) mass is 396 g/mol. The molecule has 1 aromatic carbocycles. The van der Waals surface area contributed by atoms with Gasteiger partial charge in [0.15, 0.2) is 11.4 Å². The van der Waals surface area contributed by atoms with Crippen LogP contribution in [0.1, 0.15) is 34.2 Å². The van der Waals surface area contributed by atoms with Crippen LogP contribution in [0.4, 0.5) is 17.1 Å². The number of rotatable bonds is 5. The second-order valence-corrected chi connectivity index (χ2v) is 7.24. The Balaban J connectivity index is 1.62. The van der Waals surface area contributed by atoms with Gasteiger partial charge in [-0.05, 0) is 24.5 Å². The third kappa shape index (κ3) is 3.02. The fourth-order valence-corrected chi connectivity index (χ4v) is 3.50. The van der Waals surface area contributed by atoms with Gasteiger partial charge in [0, 0.05) is 33.5 Å². The Labute approximate surface area is 165 Å². The maximum Gasteiger partial charge on any atom is 0.275 e. The van der Waals surface area contributed by atoms with Crippen molar-refractivity contribution >= 4 is 23.0 Å². The third-order valence-electron chi connectivity index (χ3n) is 4.99. The fraction of sp³-hybridized carbons (Fsp3) is 0.316. The zero-order valence-corrected chi connectivity index (χ0v) is 16.2. The van der Waals surface area contributed by atoms with Gasteiger partial charge in [0.25, 0.3) is 16.8 Å². The lowest BCUT2D eigenvalue weighted by Crippen LogP contribution is -2.37. The maximum atomic E-state index is 12.1. The van der Waals surface area contributed by atoms with Gasteiger partial charge in [-0.2, -0.15) is 5.10 Å². The predicted octanol–water partition coefficient (Wildman–Crippen LogP) is 0.662. The van der Waals surface area contributed by atoms with Crippen LogP contribution in [0.5, 0.6) is 5.75 Å². The molecule has 3 N–H and O–H groups in total. The van der Waals surface area contributed by atoms with Crippen molar-refractivity contribution in [3.63, 3.8) is 0 Å². The van der Waals surface area contributed by atoms with E-state index in [2.05, 4.69) is 20.7 Å². The van der Waals surface area contributed by atoms with Crippen molar-refractivity contribution in [2.24, 2.45) is 7.05 Å². The molecular formula is C19H20N6O4. The highest BCUT2D eigenvalue weighted by atomic mass is 16.3. The summed E-state index contributed by atoms with van der Waals surface area (Å²) in [6.45, 7) is 0. The second kappa shape index (κ2) is 6.73. The van der Waals surface area contributed by atoms with Crippen molar-refractivity contribution in [3.8, 4) is 5.75 Å². The van der Waals surface area contributed by atoms with Gasteiger partial charge in [0.05, 0.1) is 17.4 Å². The van der Waals surface area contributed by atoms with Gasteiger partial charge in [-0.3, -0.25) is 19.1 Å². The number of aromatic hydroxyl groups is 1. The SMILES string of the molecule is CN(C)C(=O)c1nccc(Nc2c(NC3CCc4cn(C)nc43)c(=O)c2=O)c1O. The number of fused-ring (bicyclic) bond motifs is 1. The van der Waals surface area contributed by atoms with Gasteiger partial charge < -0.3 is 20.6 Å². The Morgan fingerprint density at radius 3 is 2.72 bits per heavy atom. The van der Waals surface area contributed by atoms with Crippen LogP contribution in [0.15, 0.2) is 28.0 Å². The van der Waals surface area contributed by atoms with Crippen molar-refractivity contribution in [2.45, 2.75) is 18.9 Å². The maximum absolute atomic E-state index is 12.1. The number of hydrogen-bond donors (Lipinski definition) is 3. The molecule has 29 heavy (non-hydrogen) atoms. The minimum Gasteiger partial charge on any atom is -0.504 e. The molecule has 0 spiro atoms. The topological polar surface area (TPSA) is 129 Å². The summed E-state index contributed by atoms with van der Waals surface area (Å²) in [7, 11) is 4.91. The van der Waals surface area contributed by atoms with E-state index in [0.717, 1.165) is 24.1 Å². The molecule has 2 heterocycles. The standard InChI is InChI=1S/C19H20N6O4/c1-24(2)19(29)15-16(26)11(6-7-20-15)22-14-13(17(27)18(14)28)21-10-5-4-9-8-25(3)23-12(9)10/h6-8,10,21,26H,4-5H2,1-3H3,(H,20,22). The first-order valence-electron chi connectivity index (χ1n) is 9.06. The average Bonchev–Trinajstić information content (AvgIpc) is 3.24. The summed E-state index contributed by atoms with van der Waals surface area (Å²) >= 11 is 0. The van der Waals surface area contributed by atoms with Crippen molar-refractivity contribution in [1.82, 2.24) is 19.7 Å². The zero-order chi connectivity index (χ0) is 20.9.